The van der Waals surface area contributed by atoms with Crippen LogP contribution in [0.5, 0.6) is 0 Å². The molecule has 0 aromatic rings. The Morgan fingerprint density at radius 2 is 2.14 bits per heavy atom. The van der Waals surface area contributed by atoms with Crippen molar-refractivity contribution in [2.24, 2.45) is 0 Å². The molecule has 0 spiro atoms. The van der Waals surface area contributed by atoms with Gasteiger partial charge in [-0.05, 0) is 33.2 Å². The van der Waals surface area contributed by atoms with E-state index in [0.717, 1.165) is 13.0 Å². The highest BCUT2D eigenvalue weighted by Crippen LogP contribution is 2.19. The largest absolute Gasteiger partial charge is 0.297 e. The highest BCUT2D eigenvalue weighted by atomic mass is 32.2. The zero-order valence-electron chi connectivity index (χ0n) is 9.16. The van der Waals surface area contributed by atoms with Gasteiger partial charge in [-0.1, -0.05) is 0 Å². The minimum atomic E-state index is -3.04. The standard InChI is InChI=1S/C9H20N2O2S/c1-8(2)11-6-4-5-9(11)7-10-14(3,12)13/h8-10H,4-7H2,1-3H3/t9-/m0/s1. The molecule has 0 aromatic carbocycles. The molecule has 1 rings (SSSR count). The van der Waals surface area contributed by atoms with Crippen molar-refractivity contribution >= 4 is 10.0 Å². The van der Waals surface area contributed by atoms with E-state index in [4.69, 9.17) is 0 Å². The van der Waals surface area contributed by atoms with E-state index in [1.165, 1.54) is 12.7 Å². The summed E-state index contributed by atoms with van der Waals surface area (Å²) in [4.78, 5) is 2.36. The molecule has 0 saturated carbocycles. The Labute approximate surface area is 86.7 Å². The van der Waals surface area contributed by atoms with Crippen molar-refractivity contribution in [2.75, 3.05) is 19.3 Å². The molecule has 4 nitrogen and oxygen atoms in total. The van der Waals surface area contributed by atoms with Crippen LogP contribution in [-0.2, 0) is 10.0 Å². The van der Waals surface area contributed by atoms with Crippen molar-refractivity contribution in [3.05, 3.63) is 0 Å². The van der Waals surface area contributed by atoms with Gasteiger partial charge < -0.3 is 0 Å². The van der Waals surface area contributed by atoms with Crippen LogP contribution in [0.2, 0.25) is 0 Å². The first-order chi connectivity index (χ1) is 6.40. The highest BCUT2D eigenvalue weighted by molar-refractivity contribution is 7.88. The number of likely N-dealkylation sites (tertiary alicyclic amines) is 1. The summed E-state index contributed by atoms with van der Waals surface area (Å²) < 4.78 is 24.4. The third kappa shape index (κ3) is 3.55. The fourth-order valence-electron chi connectivity index (χ4n) is 2.00. The van der Waals surface area contributed by atoms with Crippen molar-refractivity contribution in [3.63, 3.8) is 0 Å². The molecule has 1 heterocycles. The third-order valence-corrected chi connectivity index (χ3v) is 3.36. The first-order valence-corrected chi connectivity index (χ1v) is 6.99. The van der Waals surface area contributed by atoms with Gasteiger partial charge in [-0.15, -0.1) is 0 Å². The lowest BCUT2D eigenvalue weighted by atomic mass is 10.2. The maximum atomic E-state index is 10.9. The average Bonchev–Trinajstić information content (AvgIpc) is 2.46. The zero-order valence-corrected chi connectivity index (χ0v) is 9.97. The molecule has 1 saturated heterocycles. The van der Waals surface area contributed by atoms with Crippen molar-refractivity contribution in [1.29, 1.82) is 0 Å². The van der Waals surface area contributed by atoms with Crippen molar-refractivity contribution in [3.8, 4) is 0 Å². The number of hydrogen-bond acceptors (Lipinski definition) is 3. The summed E-state index contributed by atoms with van der Waals surface area (Å²) in [7, 11) is -3.04. The molecule has 1 aliphatic rings. The van der Waals surface area contributed by atoms with Crippen LogP contribution in [0.4, 0.5) is 0 Å². The van der Waals surface area contributed by atoms with Crippen LogP contribution in [0.3, 0.4) is 0 Å². The van der Waals surface area contributed by atoms with Gasteiger partial charge in [0.2, 0.25) is 10.0 Å². The molecular weight excluding hydrogens is 200 g/mol. The summed E-state index contributed by atoms with van der Waals surface area (Å²) in [5.74, 6) is 0. The smallest absolute Gasteiger partial charge is 0.208 e. The Morgan fingerprint density at radius 1 is 1.50 bits per heavy atom. The molecule has 84 valence electrons. The molecule has 1 atom stereocenters. The molecule has 1 N–H and O–H groups in total. The van der Waals surface area contributed by atoms with Crippen LogP contribution in [0.15, 0.2) is 0 Å². The lowest BCUT2D eigenvalue weighted by Crippen LogP contribution is -2.42. The summed E-state index contributed by atoms with van der Waals surface area (Å²) in [5.41, 5.74) is 0. The molecule has 14 heavy (non-hydrogen) atoms. The van der Waals surface area contributed by atoms with E-state index >= 15 is 0 Å². The third-order valence-electron chi connectivity index (χ3n) is 2.67. The zero-order chi connectivity index (χ0) is 10.8. The highest BCUT2D eigenvalue weighted by Gasteiger charge is 2.26. The molecule has 0 aliphatic carbocycles. The summed E-state index contributed by atoms with van der Waals surface area (Å²) in [6, 6.07) is 0.883. The van der Waals surface area contributed by atoms with Gasteiger partial charge in [0.15, 0.2) is 0 Å². The summed E-state index contributed by atoms with van der Waals surface area (Å²) in [5, 5.41) is 0. The first kappa shape index (κ1) is 11.9. The van der Waals surface area contributed by atoms with Gasteiger partial charge in [0, 0.05) is 18.6 Å². The Hall–Kier alpha value is -0.130. The summed E-state index contributed by atoms with van der Waals surface area (Å²) in [6.45, 7) is 5.95. The van der Waals surface area contributed by atoms with E-state index in [1.54, 1.807) is 0 Å². The van der Waals surface area contributed by atoms with E-state index in [2.05, 4.69) is 23.5 Å². The molecule has 0 aromatic heterocycles. The lowest BCUT2D eigenvalue weighted by Gasteiger charge is -2.28. The van der Waals surface area contributed by atoms with E-state index in [9.17, 15) is 8.42 Å². The van der Waals surface area contributed by atoms with Crippen LogP contribution >= 0.6 is 0 Å². The average molecular weight is 220 g/mol. The predicted octanol–water partition coefficient (Wildman–Crippen LogP) is 0.408. The van der Waals surface area contributed by atoms with E-state index in [-0.39, 0.29) is 0 Å². The second-order valence-corrected chi connectivity index (χ2v) is 6.08. The second kappa shape index (κ2) is 4.59. The molecule has 5 heteroatoms. The summed E-state index contributed by atoms with van der Waals surface area (Å²) >= 11 is 0. The molecular formula is C9H20N2O2S. The second-order valence-electron chi connectivity index (χ2n) is 4.25. The fourth-order valence-corrected chi connectivity index (χ4v) is 2.50. The van der Waals surface area contributed by atoms with Crippen LogP contribution in [0, 0.1) is 0 Å². The Morgan fingerprint density at radius 3 is 2.64 bits per heavy atom. The van der Waals surface area contributed by atoms with E-state index in [0.29, 0.717) is 18.6 Å². The minimum absolute atomic E-state index is 0.379. The Balaban J connectivity index is 2.44. The SMILES string of the molecule is CC(C)N1CCC[C@H]1CNS(C)(=O)=O. The minimum Gasteiger partial charge on any atom is -0.297 e. The number of hydrogen-bond donors (Lipinski definition) is 1. The molecule has 0 amide bonds. The number of nitrogens with zero attached hydrogens (tertiary/aromatic N) is 1. The number of nitrogens with one attached hydrogen (secondary N) is 1. The molecule has 0 unspecified atom stereocenters. The molecule has 1 aliphatic heterocycles. The molecule has 1 fully saturated rings. The van der Waals surface area contributed by atoms with Crippen LogP contribution in [-0.4, -0.2) is 44.7 Å². The van der Waals surface area contributed by atoms with Gasteiger partial charge in [0.05, 0.1) is 6.26 Å². The monoisotopic (exact) mass is 220 g/mol. The first-order valence-electron chi connectivity index (χ1n) is 5.10. The predicted molar refractivity (Wildman–Crippen MR) is 57.7 cm³/mol. The van der Waals surface area contributed by atoms with Crippen LogP contribution in [0.1, 0.15) is 26.7 Å². The van der Waals surface area contributed by atoms with Crippen molar-refractivity contribution in [2.45, 2.75) is 38.8 Å². The maximum Gasteiger partial charge on any atom is 0.208 e. The van der Waals surface area contributed by atoms with Gasteiger partial charge in [-0.3, -0.25) is 4.90 Å². The van der Waals surface area contributed by atoms with Crippen LogP contribution < -0.4 is 4.72 Å². The van der Waals surface area contributed by atoms with Gasteiger partial charge in [0.1, 0.15) is 0 Å². The van der Waals surface area contributed by atoms with Gasteiger partial charge in [0.25, 0.3) is 0 Å². The quantitative estimate of drug-likeness (QED) is 0.746. The summed E-state index contributed by atoms with van der Waals surface area (Å²) in [6.07, 6.45) is 3.48. The maximum absolute atomic E-state index is 10.9. The molecule has 0 radical (unpaired) electrons. The Kier molecular flexibility index (Phi) is 3.92. The number of rotatable bonds is 4. The number of sulfonamides is 1. The fraction of sp³-hybridized carbons (Fsp3) is 1.00. The van der Waals surface area contributed by atoms with Crippen LogP contribution in [0.25, 0.3) is 0 Å². The van der Waals surface area contributed by atoms with Gasteiger partial charge in [-0.2, -0.15) is 0 Å². The topological polar surface area (TPSA) is 49.4 Å². The van der Waals surface area contributed by atoms with Gasteiger partial charge in [-0.25, -0.2) is 13.1 Å². The van der Waals surface area contributed by atoms with E-state index in [1.807, 2.05) is 0 Å². The van der Waals surface area contributed by atoms with E-state index < -0.39 is 10.0 Å². The lowest BCUT2D eigenvalue weighted by molar-refractivity contribution is 0.205. The Bertz CT molecular complexity index is 275. The van der Waals surface area contributed by atoms with Crippen molar-refractivity contribution < 1.29 is 8.42 Å². The van der Waals surface area contributed by atoms with Crippen molar-refractivity contribution in [1.82, 2.24) is 9.62 Å². The molecule has 0 bridgehead atoms. The van der Waals surface area contributed by atoms with Gasteiger partial charge >= 0.3 is 0 Å². The normalized spacial score (nSPS) is 24.7.